The fourth-order valence-electron chi connectivity index (χ4n) is 2.53. The van der Waals surface area contributed by atoms with Gasteiger partial charge in [0.15, 0.2) is 0 Å². The predicted molar refractivity (Wildman–Crippen MR) is 101 cm³/mol. The number of hydrogen-bond acceptors (Lipinski definition) is 6. The highest BCUT2D eigenvalue weighted by molar-refractivity contribution is 8.93. The fourth-order valence-corrected chi connectivity index (χ4v) is 2.53. The molecule has 4 aromatic heterocycles. The Morgan fingerprint density at radius 3 is 2.69 bits per heavy atom. The minimum atomic E-state index is -1.08. The van der Waals surface area contributed by atoms with E-state index in [1.165, 1.54) is 12.4 Å². The smallest absolute Gasteiger partial charge is 0.397 e. The first-order valence-electron chi connectivity index (χ1n) is 7.29. The molecule has 1 amide bonds. The largest absolute Gasteiger partial charge is 0.421 e. The second-order valence-corrected chi connectivity index (χ2v) is 5.26. The Balaban J connectivity index is 0.00000196. The number of nitrogens with one attached hydrogen (secondary N) is 2. The summed E-state index contributed by atoms with van der Waals surface area (Å²) >= 11 is 0. The maximum atomic E-state index is 12.1. The van der Waals surface area contributed by atoms with Crippen molar-refractivity contribution >= 4 is 62.0 Å². The Hall–Kier alpha value is -3.40. The molecule has 4 heterocycles. The number of nitrogens with two attached hydrogens (primary N) is 1. The van der Waals surface area contributed by atoms with Crippen molar-refractivity contribution in [2.24, 2.45) is 0 Å². The van der Waals surface area contributed by atoms with Crippen LogP contribution in [0.2, 0.25) is 0 Å². The Labute approximate surface area is 156 Å². The van der Waals surface area contributed by atoms with Crippen molar-refractivity contribution in [3.05, 3.63) is 49.3 Å². The maximum absolute atomic E-state index is 12.1. The molecule has 0 unspecified atom stereocenters. The van der Waals surface area contributed by atoms with Crippen LogP contribution in [0.25, 0.3) is 21.8 Å². The minimum Gasteiger partial charge on any atom is -0.397 e. The topological polar surface area (TPSA) is 128 Å². The van der Waals surface area contributed by atoms with E-state index in [1.54, 1.807) is 36.9 Å². The van der Waals surface area contributed by atoms with E-state index in [9.17, 15) is 9.59 Å². The molecule has 0 atom stereocenters. The molecule has 4 aromatic rings. The molecule has 0 saturated carbocycles. The number of nitrogens with zero attached hydrogens (tertiary/aromatic N) is 3. The number of H-pyrrole nitrogens is 1. The monoisotopic (exact) mass is 416 g/mol. The van der Waals surface area contributed by atoms with Crippen LogP contribution in [0.4, 0.5) is 11.4 Å². The summed E-state index contributed by atoms with van der Waals surface area (Å²) in [6.07, 6.45) is 9.25. The van der Waals surface area contributed by atoms with Crippen molar-refractivity contribution < 1.29 is 14.4 Å². The summed E-state index contributed by atoms with van der Waals surface area (Å²) in [4.78, 5) is 40.2. The molecule has 10 heteroatoms. The van der Waals surface area contributed by atoms with Crippen LogP contribution < -0.4 is 15.9 Å². The van der Waals surface area contributed by atoms with Crippen molar-refractivity contribution in [3.63, 3.8) is 0 Å². The van der Waals surface area contributed by atoms with Crippen LogP contribution >= 0.6 is 17.0 Å². The SMILES string of the molecule is Br.Nc1cn(OC(=O)C(=O)Nc2c[nH]c3cnccc23)c2cnccc12. The highest BCUT2D eigenvalue weighted by Gasteiger charge is 2.20. The highest BCUT2D eigenvalue weighted by atomic mass is 79.9. The number of carbonyl (C=O) groups excluding carboxylic acids is 2. The summed E-state index contributed by atoms with van der Waals surface area (Å²) < 4.78 is 1.12. The van der Waals surface area contributed by atoms with Gasteiger partial charge in [-0.05, 0) is 12.1 Å². The number of amides is 1. The van der Waals surface area contributed by atoms with Gasteiger partial charge in [-0.1, -0.05) is 0 Å². The van der Waals surface area contributed by atoms with Gasteiger partial charge in [0.2, 0.25) is 0 Å². The van der Waals surface area contributed by atoms with E-state index in [1.807, 2.05) is 0 Å². The van der Waals surface area contributed by atoms with Gasteiger partial charge in [-0.15, -0.1) is 17.0 Å². The standard InChI is InChI=1S/C16H12N6O3.BrH/c17-11-8-22(14-7-19-3-1-9(11)14)25-16(24)15(23)21-13-6-20-12-5-18-4-2-10(12)13;/h1-8,20H,17H2,(H,21,23);1H. The molecule has 0 radical (unpaired) electrons. The summed E-state index contributed by atoms with van der Waals surface area (Å²) in [5.41, 5.74) is 7.94. The lowest BCUT2D eigenvalue weighted by Gasteiger charge is -2.06. The first-order chi connectivity index (χ1) is 12.1. The zero-order chi connectivity index (χ0) is 17.4. The molecule has 0 aliphatic heterocycles. The third kappa shape index (κ3) is 2.97. The number of anilines is 2. The molecule has 9 nitrogen and oxygen atoms in total. The lowest BCUT2D eigenvalue weighted by molar-refractivity contribution is -0.152. The quantitative estimate of drug-likeness (QED) is 0.426. The number of rotatable bonds is 2. The number of pyridine rings is 2. The second-order valence-electron chi connectivity index (χ2n) is 5.26. The van der Waals surface area contributed by atoms with Crippen molar-refractivity contribution in [1.82, 2.24) is 19.7 Å². The fraction of sp³-hybridized carbons (Fsp3) is 0. The van der Waals surface area contributed by atoms with Gasteiger partial charge in [0.1, 0.15) is 5.52 Å². The molecule has 0 fully saturated rings. The third-order valence-electron chi connectivity index (χ3n) is 3.70. The van der Waals surface area contributed by atoms with E-state index in [0.717, 1.165) is 15.6 Å². The first kappa shape index (κ1) is 17.4. The van der Waals surface area contributed by atoms with E-state index in [-0.39, 0.29) is 17.0 Å². The number of nitrogen functional groups attached to an aromatic ring is 1. The number of fused-ring (bicyclic) bond motifs is 2. The highest BCUT2D eigenvalue weighted by Crippen LogP contribution is 2.22. The van der Waals surface area contributed by atoms with Crippen LogP contribution in [0.3, 0.4) is 0 Å². The number of aromatic amines is 1. The third-order valence-corrected chi connectivity index (χ3v) is 3.70. The van der Waals surface area contributed by atoms with Gasteiger partial charge in [-0.3, -0.25) is 14.8 Å². The summed E-state index contributed by atoms with van der Waals surface area (Å²) in [6, 6.07) is 3.41. The Morgan fingerprint density at radius 1 is 1.15 bits per heavy atom. The molecule has 0 aliphatic rings. The maximum Gasteiger partial charge on any atom is 0.421 e. The van der Waals surface area contributed by atoms with E-state index in [4.69, 9.17) is 10.6 Å². The molecule has 0 bridgehead atoms. The number of hydrogen-bond donors (Lipinski definition) is 3. The lowest BCUT2D eigenvalue weighted by Crippen LogP contribution is -2.31. The molecule has 26 heavy (non-hydrogen) atoms. The minimum absolute atomic E-state index is 0. The summed E-state index contributed by atoms with van der Waals surface area (Å²) in [7, 11) is 0. The van der Waals surface area contributed by atoms with Crippen LogP contribution in [-0.4, -0.2) is 31.6 Å². The van der Waals surface area contributed by atoms with Gasteiger partial charge in [0, 0.05) is 29.4 Å². The van der Waals surface area contributed by atoms with E-state index in [2.05, 4.69) is 20.3 Å². The van der Waals surface area contributed by atoms with Crippen molar-refractivity contribution in [2.45, 2.75) is 0 Å². The van der Waals surface area contributed by atoms with E-state index >= 15 is 0 Å². The van der Waals surface area contributed by atoms with E-state index < -0.39 is 11.9 Å². The van der Waals surface area contributed by atoms with Gasteiger partial charge in [-0.25, -0.2) is 4.79 Å². The molecular formula is C16H13BrN6O3. The zero-order valence-corrected chi connectivity index (χ0v) is 14.9. The first-order valence-corrected chi connectivity index (χ1v) is 7.29. The van der Waals surface area contributed by atoms with Crippen molar-refractivity contribution in [2.75, 3.05) is 11.1 Å². The zero-order valence-electron chi connectivity index (χ0n) is 13.2. The Kier molecular flexibility index (Phi) is 4.59. The molecule has 0 spiro atoms. The molecule has 4 N–H and O–H groups in total. The normalized spacial score (nSPS) is 10.5. The van der Waals surface area contributed by atoms with Crippen LogP contribution in [0.1, 0.15) is 0 Å². The van der Waals surface area contributed by atoms with Crippen LogP contribution in [0.5, 0.6) is 0 Å². The predicted octanol–water partition coefficient (Wildman–Crippen LogP) is 1.67. The van der Waals surface area contributed by atoms with Gasteiger partial charge in [0.25, 0.3) is 0 Å². The summed E-state index contributed by atoms with van der Waals surface area (Å²) in [5.74, 6) is -1.99. The Bertz CT molecular complexity index is 1120. The van der Waals surface area contributed by atoms with Crippen molar-refractivity contribution in [3.8, 4) is 0 Å². The lowest BCUT2D eigenvalue weighted by atomic mass is 10.3. The molecule has 0 aliphatic carbocycles. The van der Waals surface area contributed by atoms with Crippen molar-refractivity contribution in [1.29, 1.82) is 0 Å². The number of halogens is 1. The molecule has 0 saturated heterocycles. The number of carbonyl (C=O) groups is 2. The summed E-state index contributed by atoms with van der Waals surface area (Å²) in [6.45, 7) is 0. The summed E-state index contributed by atoms with van der Waals surface area (Å²) in [5, 5.41) is 3.91. The van der Waals surface area contributed by atoms with Gasteiger partial charge in [-0.2, -0.15) is 4.73 Å². The molecule has 4 rings (SSSR count). The van der Waals surface area contributed by atoms with Gasteiger partial charge in [0.05, 0.1) is 35.5 Å². The van der Waals surface area contributed by atoms with E-state index in [0.29, 0.717) is 22.3 Å². The molecule has 132 valence electrons. The average molecular weight is 417 g/mol. The Morgan fingerprint density at radius 2 is 1.88 bits per heavy atom. The average Bonchev–Trinajstić information content (AvgIpc) is 3.17. The number of aromatic nitrogens is 4. The molecular weight excluding hydrogens is 404 g/mol. The molecule has 0 aromatic carbocycles. The van der Waals surface area contributed by atoms with Crippen LogP contribution in [0.15, 0.2) is 49.3 Å². The van der Waals surface area contributed by atoms with Crippen LogP contribution in [-0.2, 0) is 9.59 Å². The van der Waals surface area contributed by atoms with Crippen LogP contribution in [0, 0.1) is 0 Å². The van der Waals surface area contributed by atoms with Gasteiger partial charge < -0.3 is 20.9 Å². The van der Waals surface area contributed by atoms with Gasteiger partial charge >= 0.3 is 11.9 Å². The second kappa shape index (κ2) is 6.84.